The van der Waals surface area contributed by atoms with Crippen LogP contribution >= 0.6 is 11.6 Å². The van der Waals surface area contributed by atoms with E-state index in [2.05, 4.69) is 4.72 Å². The molecule has 1 aromatic rings. The molecule has 0 bridgehead atoms. The number of nitrogens with one attached hydrogen (secondary N) is 1. The summed E-state index contributed by atoms with van der Waals surface area (Å²) in [6.45, 7) is 1.79. The third-order valence-corrected chi connectivity index (χ3v) is 5.78. The first-order chi connectivity index (χ1) is 9.15. The topological polar surface area (TPSA) is 89.3 Å². The van der Waals surface area contributed by atoms with Crippen LogP contribution in [-0.4, -0.2) is 30.7 Å². The van der Waals surface area contributed by atoms with Gasteiger partial charge in [-0.2, -0.15) is 0 Å². The molecule has 0 saturated carbocycles. The lowest BCUT2D eigenvalue weighted by Gasteiger charge is -2.11. The van der Waals surface area contributed by atoms with Crippen molar-refractivity contribution in [1.29, 1.82) is 0 Å². The van der Waals surface area contributed by atoms with Crippen LogP contribution < -0.4 is 10.5 Å². The van der Waals surface area contributed by atoms with E-state index < -0.39 is 31.5 Å². The van der Waals surface area contributed by atoms with Crippen molar-refractivity contribution < 1.29 is 17.0 Å². The second kappa shape index (κ2) is 6.84. The van der Waals surface area contributed by atoms with Crippen molar-refractivity contribution >= 4 is 38.1 Å². The molecule has 0 fully saturated rings. The molecule has 0 aliphatic heterocycles. The highest BCUT2D eigenvalue weighted by Gasteiger charge is 2.21. The van der Waals surface area contributed by atoms with Crippen molar-refractivity contribution in [2.24, 2.45) is 0 Å². The Labute approximate surface area is 125 Å². The second-order valence-corrected chi connectivity index (χ2v) is 8.28. The number of halogens is 2. The van der Waals surface area contributed by atoms with Crippen molar-refractivity contribution in [1.82, 2.24) is 4.72 Å². The zero-order chi connectivity index (χ0) is 15.5. The summed E-state index contributed by atoms with van der Waals surface area (Å²) in [4.78, 5) is -0.590. The van der Waals surface area contributed by atoms with Crippen LogP contribution in [0.2, 0.25) is 5.02 Å². The molecule has 0 aliphatic carbocycles. The van der Waals surface area contributed by atoms with Crippen LogP contribution in [0, 0.1) is 5.82 Å². The molecule has 0 aromatic heterocycles. The van der Waals surface area contributed by atoms with Gasteiger partial charge in [-0.25, -0.2) is 17.5 Å². The first-order valence-electron chi connectivity index (χ1n) is 5.71. The number of rotatable bonds is 6. The third kappa shape index (κ3) is 4.41. The van der Waals surface area contributed by atoms with Crippen LogP contribution in [0.15, 0.2) is 17.0 Å². The summed E-state index contributed by atoms with van der Waals surface area (Å²) < 4.78 is 51.1. The number of hydrogen-bond donors (Lipinski definition) is 2. The van der Waals surface area contributed by atoms with Crippen LogP contribution in [0.3, 0.4) is 0 Å². The van der Waals surface area contributed by atoms with E-state index in [1.54, 1.807) is 6.92 Å². The van der Waals surface area contributed by atoms with Gasteiger partial charge in [-0.05, 0) is 18.6 Å². The molecule has 0 radical (unpaired) electrons. The molecular weight excluding hydrogens is 327 g/mol. The van der Waals surface area contributed by atoms with E-state index in [9.17, 15) is 17.0 Å². The largest absolute Gasteiger partial charge is 0.396 e. The SMILES string of the molecule is CC(CCNS(=O)(=O)c1cc(Cl)cc(N)c1F)S(C)=O. The predicted octanol–water partition coefficient (Wildman–Crippen LogP) is 1.50. The molecule has 0 spiro atoms. The Balaban J connectivity index is 2.87. The van der Waals surface area contributed by atoms with E-state index in [1.165, 1.54) is 6.26 Å². The number of anilines is 1. The molecule has 9 heteroatoms. The van der Waals surface area contributed by atoms with Crippen molar-refractivity contribution in [3.63, 3.8) is 0 Å². The summed E-state index contributed by atoms with van der Waals surface area (Å²) in [7, 11) is -5.09. The van der Waals surface area contributed by atoms with Crippen molar-refractivity contribution in [2.75, 3.05) is 18.5 Å². The Kier molecular flexibility index (Phi) is 5.93. The van der Waals surface area contributed by atoms with Gasteiger partial charge < -0.3 is 5.73 Å². The summed E-state index contributed by atoms with van der Waals surface area (Å²) in [5.74, 6) is -1.03. The number of benzene rings is 1. The van der Waals surface area contributed by atoms with E-state index in [1.807, 2.05) is 0 Å². The van der Waals surface area contributed by atoms with Crippen LogP contribution in [0.4, 0.5) is 10.1 Å². The smallest absolute Gasteiger partial charge is 0.243 e. The highest BCUT2D eigenvalue weighted by atomic mass is 35.5. The number of nitrogens with two attached hydrogens (primary N) is 1. The summed E-state index contributed by atoms with van der Waals surface area (Å²) >= 11 is 5.68. The lowest BCUT2D eigenvalue weighted by atomic mass is 10.3. The first kappa shape index (κ1) is 17.4. The highest BCUT2D eigenvalue weighted by molar-refractivity contribution is 7.89. The van der Waals surface area contributed by atoms with Gasteiger partial charge in [0.25, 0.3) is 0 Å². The fourth-order valence-electron chi connectivity index (χ4n) is 1.42. The van der Waals surface area contributed by atoms with Gasteiger partial charge in [0, 0.05) is 33.9 Å². The van der Waals surface area contributed by atoms with Gasteiger partial charge >= 0.3 is 0 Å². The molecule has 0 heterocycles. The number of sulfonamides is 1. The zero-order valence-corrected chi connectivity index (χ0v) is 13.4. The Morgan fingerprint density at radius 3 is 2.65 bits per heavy atom. The van der Waals surface area contributed by atoms with Crippen LogP contribution in [-0.2, 0) is 20.8 Å². The fourth-order valence-corrected chi connectivity index (χ4v) is 3.34. The molecule has 0 saturated heterocycles. The minimum absolute atomic E-state index is 0.0345. The minimum atomic E-state index is -4.05. The maximum atomic E-state index is 13.7. The third-order valence-electron chi connectivity index (χ3n) is 2.73. The summed E-state index contributed by atoms with van der Waals surface area (Å²) in [6.07, 6.45) is 1.91. The molecule has 3 N–H and O–H groups in total. The molecule has 1 rings (SSSR count). The zero-order valence-electron chi connectivity index (χ0n) is 11.0. The normalized spacial score (nSPS) is 15.0. The van der Waals surface area contributed by atoms with Crippen LogP contribution in [0.1, 0.15) is 13.3 Å². The minimum Gasteiger partial charge on any atom is -0.396 e. The maximum absolute atomic E-state index is 13.7. The van der Waals surface area contributed by atoms with E-state index >= 15 is 0 Å². The molecule has 2 unspecified atom stereocenters. The average molecular weight is 343 g/mol. The van der Waals surface area contributed by atoms with Gasteiger partial charge in [-0.1, -0.05) is 18.5 Å². The lowest BCUT2D eigenvalue weighted by molar-refractivity contribution is 0.556. The van der Waals surface area contributed by atoms with Gasteiger partial charge in [0.1, 0.15) is 4.90 Å². The van der Waals surface area contributed by atoms with Crippen molar-refractivity contribution in [3.8, 4) is 0 Å². The van der Waals surface area contributed by atoms with Crippen molar-refractivity contribution in [2.45, 2.75) is 23.5 Å². The van der Waals surface area contributed by atoms with Gasteiger partial charge in [-0.15, -0.1) is 0 Å². The van der Waals surface area contributed by atoms with Crippen molar-refractivity contribution in [3.05, 3.63) is 23.0 Å². The van der Waals surface area contributed by atoms with E-state index in [4.69, 9.17) is 17.3 Å². The molecule has 0 aliphatic rings. The fraction of sp³-hybridized carbons (Fsp3) is 0.455. The second-order valence-electron chi connectivity index (χ2n) is 4.30. The molecule has 20 heavy (non-hydrogen) atoms. The molecule has 114 valence electrons. The van der Waals surface area contributed by atoms with Gasteiger partial charge in [0.05, 0.1) is 5.69 Å². The maximum Gasteiger partial charge on any atom is 0.243 e. The highest BCUT2D eigenvalue weighted by Crippen LogP contribution is 2.25. The van der Waals surface area contributed by atoms with E-state index in [-0.39, 0.29) is 22.5 Å². The Morgan fingerprint density at radius 1 is 1.50 bits per heavy atom. The Morgan fingerprint density at radius 2 is 2.10 bits per heavy atom. The van der Waals surface area contributed by atoms with E-state index in [0.717, 1.165) is 12.1 Å². The number of hydrogen-bond acceptors (Lipinski definition) is 4. The van der Waals surface area contributed by atoms with E-state index in [0.29, 0.717) is 6.42 Å². The Bertz CT molecular complexity index is 622. The summed E-state index contributed by atoms with van der Waals surface area (Å²) in [5.41, 5.74) is 5.01. The monoisotopic (exact) mass is 342 g/mol. The summed E-state index contributed by atoms with van der Waals surface area (Å²) in [6, 6.07) is 2.13. The molecule has 5 nitrogen and oxygen atoms in total. The van der Waals surface area contributed by atoms with Crippen LogP contribution in [0.5, 0.6) is 0 Å². The lowest BCUT2D eigenvalue weighted by Crippen LogP contribution is -2.28. The Hall–Kier alpha value is -0.700. The molecule has 0 amide bonds. The number of nitrogen functional groups attached to an aromatic ring is 1. The van der Waals surface area contributed by atoms with Crippen LogP contribution in [0.25, 0.3) is 0 Å². The van der Waals surface area contributed by atoms with Gasteiger partial charge in [0.2, 0.25) is 10.0 Å². The molecule has 2 atom stereocenters. The first-order valence-corrected chi connectivity index (χ1v) is 9.20. The standard InChI is InChI=1S/C11H16ClFN2O3S2/c1-7(19(2)16)3-4-15-20(17,18)10-6-8(12)5-9(14)11(10)13/h5-7,15H,3-4,14H2,1-2H3. The predicted molar refractivity (Wildman–Crippen MR) is 79.2 cm³/mol. The quantitative estimate of drug-likeness (QED) is 0.767. The summed E-state index contributed by atoms with van der Waals surface area (Å²) in [5, 5.41) is -0.126. The average Bonchev–Trinajstić information content (AvgIpc) is 2.33. The molecular formula is C11H16ClFN2O3S2. The molecule has 1 aromatic carbocycles. The van der Waals surface area contributed by atoms with Gasteiger partial charge in [0.15, 0.2) is 5.82 Å². The van der Waals surface area contributed by atoms with Gasteiger partial charge in [-0.3, -0.25) is 4.21 Å².